The summed E-state index contributed by atoms with van der Waals surface area (Å²) < 4.78 is 19.9. The maximum atomic E-state index is 13.3. The Morgan fingerprint density at radius 1 is 1.21 bits per heavy atom. The largest absolute Gasteiger partial charge is 0.488 e. The predicted molar refractivity (Wildman–Crippen MR) is 119 cm³/mol. The summed E-state index contributed by atoms with van der Waals surface area (Å²) in [4.78, 5) is 48.9. The van der Waals surface area contributed by atoms with Crippen LogP contribution in [0.4, 0.5) is 4.39 Å². The lowest BCUT2D eigenvalue weighted by atomic mass is 10.1. The number of hydrogen-bond donors (Lipinski definition) is 2. The lowest BCUT2D eigenvalue weighted by Gasteiger charge is -2.21. The molecule has 0 spiro atoms. The average molecular weight is 462 g/mol. The van der Waals surface area contributed by atoms with Crippen molar-refractivity contribution in [1.29, 1.82) is 0 Å². The van der Waals surface area contributed by atoms with Gasteiger partial charge in [0.15, 0.2) is 0 Å². The lowest BCUT2D eigenvalue weighted by molar-refractivity contribution is -0.136. The van der Waals surface area contributed by atoms with Crippen LogP contribution in [0.3, 0.4) is 0 Å². The molecule has 34 heavy (non-hydrogen) atoms. The first-order chi connectivity index (χ1) is 16.4. The predicted octanol–water partition coefficient (Wildman–Crippen LogP) is 1.61. The van der Waals surface area contributed by atoms with Crippen molar-refractivity contribution in [1.82, 2.24) is 20.4 Å². The number of carbonyl (C=O) groups is 3. The number of carbonyl (C=O) groups excluding carboxylic acids is 3. The van der Waals surface area contributed by atoms with E-state index in [1.165, 1.54) is 18.3 Å². The van der Waals surface area contributed by atoms with Gasteiger partial charge < -0.3 is 10.1 Å². The van der Waals surface area contributed by atoms with E-state index in [9.17, 15) is 23.6 Å². The number of nitrogens with zero attached hydrogens (tertiary/aromatic N) is 2. The summed E-state index contributed by atoms with van der Waals surface area (Å²) in [6, 6.07) is 8.37. The first-order valence-corrected chi connectivity index (χ1v) is 10.6. The first-order valence-electron chi connectivity index (χ1n) is 10.6. The van der Waals surface area contributed by atoms with Gasteiger partial charge in [0.1, 0.15) is 24.2 Å². The van der Waals surface area contributed by atoms with E-state index in [1.807, 2.05) is 0 Å². The summed E-state index contributed by atoms with van der Waals surface area (Å²) in [6.07, 6.45) is 3.51. The van der Waals surface area contributed by atoms with Crippen molar-refractivity contribution < 1.29 is 23.5 Å². The minimum atomic E-state index is -0.832. The number of fused-ring (bicyclic) bond motifs is 2. The van der Waals surface area contributed by atoms with Gasteiger partial charge in [-0.3, -0.25) is 24.5 Å². The number of ether oxygens (including phenoxy) is 1. The third kappa shape index (κ3) is 4.05. The molecular formula is C24H19FN4O5. The van der Waals surface area contributed by atoms with E-state index in [1.54, 1.807) is 30.3 Å². The van der Waals surface area contributed by atoms with Crippen LogP contribution in [0.15, 0.2) is 53.0 Å². The van der Waals surface area contributed by atoms with Crippen LogP contribution in [-0.2, 0) is 20.9 Å². The maximum absolute atomic E-state index is 13.3. The van der Waals surface area contributed by atoms with Crippen molar-refractivity contribution >= 4 is 34.6 Å². The van der Waals surface area contributed by atoms with E-state index in [2.05, 4.69) is 15.7 Å². The molecule has 3 aromatic rings. The first kappa shape index (κ1) is 21.5. The number of amides is 3. The van der Waals surface area contributed by atoms with Crippen LogP contribution in [0.5, 0.6) is 5.75 Å². The van der Waals surface area contributed by atoms with Gasteiger partial charge in [-0.2, -0.15) is 5.10 Å². The Balaban J connectivity index is 1.31. The molecule has 1 aromatic heterocycles. The van der Waals surface area contributed by atoms with Crippen LogP contribution >= 0.6 is 0 Å². The van der Waals surface area contributed by atoms with Crippen molar-refractivity contribution in [2.45, 2.75) is 25.4 Å². The van der Waals surface area contributed by atoms with Crippen LogP contribution in [0.2, 0.25) is 0 Å². The normalized spacial score (nSPS) is 17.4. The number of imide groups is 1. The summed E-state index contributed by atoms with van der Waals surface area (Å²) >= 11 is 0. The summed E-state index contributed by atoms with van der Waals surface area (Å²) in [6.45, 7) is 0.239. The lowest BCUT2D eigenvalue weighted by Crippen LogP contribution is -2.45. The van der Waals surface area contributed by atoms with Crippen LogP contribution in [0.25, 0.3) is 16.8 Å². The molecule has 172 valence electrons. The molecule has 1 saturated heterocycles. The molecular weight excluding hydrogens is 443 g/mol. The second-order valence-electron chi connectivity index (χ2n) is 8.11. The standard InChI is InChI=1S/C24H19FN4O5/c25-17-3-2-14-8-16(12-34-20(14)9-17)22(31)26-10-13-1-4-18-15(7-13)11-27-29(24(18)33)19-5-6-21(30)28-23(19)32/h1-4,7-9,11,19H,5-6,10,12H2,(H,26,31)(H,28,30,32). The molecule has 9 nitrogen and oxygen atoms in total. The molecule has 0 bridgehead atoms. The molecule has 2 aliphatic heterocycles. The number of rotatable bonds is 4. The minimum absolute atomic E-state index is 0.0316. The van der Waals surface area contributed by atoms with Crippen molar-refractivity contribution in [2.75, 3.05) is 6.61 Å². The smallest absolute Gasteiger partial charge is 0.275 e. The fraction of sp³-hybridized carbons (Fsp3) is 0.208. The fourth-order valence-electron chi connectivity index (χ4n) is 4.03. The van der Waals surface area contributed by atoms with Crippen molar-refractivity contribution in [2.24, 2.45) is 0 Å². The van der Waals surface area contributed by atoms with E-state index in [-0.39, 0.29) is 37.8 Å². The number of aromatic nitrogens is 2. The fourth-order valence-corrected chi connectivity index (χ4v) is 4.03. The molecule has 5 rings (SSSR count). The Morgan fingerprint density at radius 3 is 2.88 bits per heavy atom. The van der Waals surface area contributed by atoms with E-state index in [4.69, 9.17) is 4.74 Å². The zero-order chi connectivity index (χ0) is 23.8. The summed E-state index contributed by atoms with van der Waals surface area (Å²) in [5, 5.41) is 10.1. The molecule has 2 aliphatic rings. The highest BCUT2D eigenvalue weighted by Crippen LogP contribution is 2.27. The van der Waals surface area contributed by atoms with Crippen LogP contribution in [0.1, 0.15) is 30.0 Å². The summed E-state index contributed by atoms with van der Waals surface area (Å²) in [5.41, 5.74) is 1.36. The zero-order valence-corrected chi connectivity index (χ0v) is 17.8. The van der Waals surface area contributed by atoms with Crippen molar-refractivity contribution in [3.05, 3.63) is 75.5 Å². The van der Waals surface area contributed by atoms with Crippen LogP contribution in [0, 0.1) is 5.82 Å². The van der Waals surface area contributed by atoms with Crippen LogP contribution in [-0.4, -0.2) is 34.1 Å². The van der Waals surface area contributed by atoms with Crippen LogP contribution < -0.4 is 20.9 Å². The highest BCUT2D eigenvalue weighted by molar-refractivity contribution is 6.00. The molecule has 1 fully saturated rings. The van der Waals surface area contributed by atoms with E-state index in [0.29, 0.717) is 27.7 Å². The quantitative estimate of drug-likeness (QED) is 0.569. The van der Waals surface area contributed by atoms with E-state index < -0.39 is 23.3 Å². The number of halogens is 1. The van der Waals surface area contributed by atoms with Gasteiger partial charge in [-0.25, -0.2) is 9.07 Å². The Morgan fingerprint density at radius 2 is 2.06 bits per heavy atom. The number of piperidine rings is 1. The Bertz CT molecular complexity index is 1450. The number of benzene rings is 2. The Hall–Kier alpha value is -4.34. The summed E-state index contributed by atoms with van der Waals surface area (Å²) in [5.74, 6) is -1.24. The third-order valence-corrected chi connectivity index (χ3v) is 5.81. The van der Waals surface area contributed by atoms with E-state index >= 15 is 0 Å². The minimum Gasteiger partial charge on any atom is -0.488 e. The van der Waals surface area contributed by atoms with Crippen molar-refractivity contribution in [3.8, 4) is 5.75 Å². The molecule has 10 heteroatoms. The van der Waals surface area contributed by atoms with Gasteiger partial charge in [-0.1, -0.05) is 6.07 Å². The number of hydrogen-bond acceptors (Lipinski definition) is 6. The monoisotopic (exact) mass is 462 g/mol. The van der Waals surface area contributed by atoms with Gasteiger partial charge in [0.05, 0.1) is 17.2 Å². The average Bonchev–Trinajstić information content (AvgIpc) is 2.83. The Kier molecular flexibility index (Phi) is 5.40. The summed E-state index contributed by atoms with van der Waals surface area (Å²) in [7, 11) is 0. The van der Waals surface area contributed by atoms with Gasteiger partial charge in [-0.15, -0.1) is 0 Å². The topological polar surface area (TPSA) is 119 Å². The SMILES string of the molecule is O=C1CCC(n2ncc3cc(CNC(=O)C4=Cc5ccc(F)cc5OC4)ccc3c2=O)C(=O)N1. The molecule has 0 aliphatic carbocycles. The number of nitrogens with one attached hydrogen (secondary N) is 2. The van der Waals surface area contributed by atoms with Crippen molar-refractivity contribution in [3.63, 3.8) is 0 Å². The molecule has 1 unspecified atom stereocenters. The molecule has 2 aromatic carbocycles. The molecule has 2 N–H and O–H groups in total. The van der Waals surface area contributed by atoms with E-state index in [0.717, 1.165) is 10.2 Å². The molecule has 1 atom stereocenters. The molecule has 0 radical (unpaired) electrons. The highest BCUT2D eigenvalue weighted by atomic mass is 19.1. The van der Waals surface area contributed by atoms with Gasteiger partial charge in [0.2, 0.25) is 5.91 Å². The maximum Gasteiger partial charge on any atom is 0.275 e. The zero-order valence-electron chi connectivity index (χ0n) is 17.8. The molecule has 3 heterocycles. The molecule has 0 saturated carbocycles. The Labute approximate surface area is 192 Å². The molecule has 3 amide bonds. The van der Waals surface area contributed by atoms with Gasteiger partial charge in [0.25, 0.3) is 17.4 Å². The second kappa shape index (κ2) is 8.54. The van der Waals surface area contributed by atoms with Gasteiger partial charge >= 0.3 is 0 Å². The third-order valence-electron chi connectivity index (χ3n) is 5.81. The van der Waals surface area contributed by atoms with Gasteiger partial charge in [-0.05, 0) is 42.3 Å². The highest BCUT2D eigenvalue weighted by Gasteiger charge is 2.30. The van der Waals surface area contributed by atoms with Gasteiger partial charge in [0, 0.05) is 30.0 Å². The second-order valence-corrected chi connectivity index (χ2v) is 8.11.